The number of carboxylic acid groups (broad SMARTS) is 1. The van der Waals surface area contributed by atoms with Gasteiger partial charge in [0.2, 0.25) is 0 Å². The molecule has 0 saturated carbocycles. The van der Waals surface area contributed by atoms with Crippen molar-refractivity contribution in [1.29, 1.82) is 0 Å². The minimum absolute atomic E-state index is 0.656. The number of nitrogens with two attached hydrogens (primary N) is 1. The second kappa shape index (κ2) is 6.95. The van der Waals surface area contributed by atoms with Crippen LogP contribution >= 0.6 is 0 Å². The van der Waals surface area contributed by atoms with Crippen LogP contribution in [0.2, 0.25) is 0 Å². The van der Waals surface area contributed by atoms with Crippen molar-refractivity contribution in [2.24, 2.45) is 5.73 Å². The quantitative estimate of drug-likeness (QED) is 0.811. The molecule has 0 unspecified atom stereocenters. The van der Waals surface area contributed by atoms with Crippen LogP contribution in [0.3, 0.4) is 0 Å². The second-order valence-corrected chi connectivity index (χ2v) is 3.33. The van der Waals surface area contributed by atoms with E-state index in [0.717, 1.165) is 18.2 Å². The minimum Gasteiger partial charge on any atom is -0.475 e. The first-order chi connectivity index (χ1) is 9.75. The lowest BCUT2D eigenvalue weighted by atomic mass is 10.2. The summed E-state index contributed by atoms with van der Waals surface area (Å²) in [7, 11) is 0. The van der Waals surface area contributed by atoms with Crippen LogP contribution in [0.1, 0.15) is 10.4 Å². The highest BCUT2D eigenvalue weighted by Crippen LogP contribution is 2.26. The number of halogens is 7. The van der Waals surface area contributed by atoms with Crippen LogP contribution in [-0.2, 0) is 4.79 Å². The first kappa shape index (κ1) is 19.5. The molecule has 1 rings (SSSR count). The van der Waals surface area contributed by atoms with Crippen LogP contribution in [0.4, 0.5) is 30.7 Å². The van der Waals surface area contributed by atoms with Crippen LogP contribution < -0.4 is 10.5 Å². The summed E-state index contributed by atoms with van der Waals surface area (Å²) in [5.74, 6) is -6.44. The SMILES string of the molecule is NC(=O)c1cccc(OC(F)(F)F)c1F.O=C(O)C(F)(F)F. The number of rotatable bonds is 2. The number of carbonyl (C=O) groups excluding carboxylic acids is 1. The molecule has 1 aromatic carbocycles. The van der Waals surface area contributed by atoms with Crippen molar-refractivity contribution in [3.05, 3.63) is 29.6 Å². The summed E-state index contributed by atoms with van der Waals surface area (Å²) >= 11 is 0. The van der Waals surface area contributed by atoms with Gasteiger partial charge in [-0.2, -0.15) is 13.2 Å². The largest absolute Gasteiger partial charge is 0.573 e. The van der Waals surface area contributed by atoms with Crippen molar-refractivity contribution in [2.75, 3.05) is 0 Å². The van der Waals surface area contributed by atoms with Crippen LogP contribution in [0.5, 0.6) is 5.75 Å². The summed E-state index contributed by atoms with van der Waals surface area (Å²) in [6.45, 7) is 0. The van der Waals surface area contributed by atoms with E-state index in [1.54, 1.807) is 0 Å². The Morgan fingerprint density at radius 3 is 1.86 bits per heavy atom. The number of primary amides is 1. The summed E-state index contributed by atoms with van der Waals surface area (Å²) in [5.41, 5.74) is 4.08. The molecule has 0 fully saturated rings. The number of benzene rings is 1. The fourth-order valence-corrected chi connectivity index (χ4v) is 0.905. The molecular weight excluding hydrogens is 331 g/mol. The van der Waals surface area contributed by atoms with Crippen LogP contribution in [0.25, 0.3) is 0 Å². The van der Waals surface area contributed by atoms with E-state index in [1.165, 1.54) is 0 Å². The summed E-state index contributed by atoms with van der Waals surface area (Å²) in [6.07, 6.45) is -10.1. The molecule has 22 heavy (non-hydrogen) atoms. The number of alkyl halides is 6. The average molecular weight is 337 g/mol. The van der Waals surface area contributed by atoms with Gasteiger partial charge in [0, 0.05) is 0 Å². The lowest BCUT2D eigenvalue weighted by molar-refractivity contribution is -0.275. The number of hydrogen-bond donors (Lipinski definition) is 2. The molecule has 0 spiro atoms. The Balaban J connectivity index is 0.000000534. The zero-order chi connectivity index (χ0) is 17.7. The topological polar surface area (TPSA) is 89.6 Å². The van der Waals surface area contributed by atoms with Crippen molar-refractivity contribution < 1.29 is 50.2 Å². The zero-order valence-electron chi connectivity index (χ0n) is 10.1. The molecule has 0 saturated heterocycles. The standard InChI is InChI=1S/C8H5F4NO2.C2HF3O2/c9-6-4(7(13)14)2-1-3-5(6)15-8(10,11)12;3-2(4,5)1(6)7/h1-3H,(H2,13,14);(H,6,7). The lowest BCUT2D eigenvalue weighted by Crippen LogP contribution is -2.21. The molecule has 124 valence electrons. The molecule has 0 aliphatic rings. The van der Waals surface area contributed by atoms with Crippen molar-refractivity contribution in [3.8, 4) is 5.75 Å². The normalized spacial score (nSPS) is 11.2. The number of ether oxygens (including phenoxy) is 1. The third-order valence-corrected chi connectivity index (χ3v) is 1.70. The molecule has 5 nitrogen and oxygen atoms in total. The number of amides is 1. The minimum atomic E-state index is -5.08. The van der Waals surface area contributed by atoms with E-state index in [9.17, 15) is 35.5 Å². The highest BCUT2D eigenvalue weighted by Gasteiger charge is 2.38. The Morgan fingerprint density at radius 1 is 1.09 bits per heavy atom. The van der Waals surface area contributed by atoms with Crippen molar-refractivity contribution in [3.63, 3.8) is 0 Å². The highest BCUT2D eigenvalue weighted by molar-refractivity contribution is 5.93. The molecule has 0 aliphatic heterocycles. The van der Waals surface area contributed by atoms with Crippen molar-refractivity contribution >= 4 is 11.9 Å². The average Bonchev–Trinajstić information content (AvgIpc) is 2.29. The fraction of sp³-hybridized carbons (Fsp3) is 0.200. The van der Waals surface area contributed by atoms with Crippen molar-refractivity contribution in [1.82, 2.24) is 0 Å². The molecule has 0 radical (unpaired) electrons. The van der Waals surface area contributed by atoms with E-state index in [2.05, 4.69) is 4.74 Å². The monoisotopic (exact) mass is 337 g/mol. The second-order valence-electron chi connectivity index (χ2n) is 3.33. The van der Waals surface area contributed by atoms with Crippen LogP contribution in [0, 0.1) is 5.82 Å². The van der Waals surface area contributed by atoms with E-state index in [1.807, 2.05) is 0 Å². The Kier molecular flexibility index (Phi) is 6.15. The van der Waals surface area contributed by atoms with E-state index < -0.39 is 41.5 Å². The molecule has 0 heterocycles. The van der Waals surface area contributed by atoms with Crippen LogP contribution in [-0.4, -0.2) is 29.5 Å². The van der Waals surface area contributed by atoms with E-state index in [4.69, 9.17) is 15.6 Å². The molecule has 0 atom stereocenters. The zero-order valence-corrected chi connectivity index (χ0v) is 10.1. The summed E-state index contributed by atoms with van der Waals surface area (Å²) in [6, 6.07) is 2.74. The molecule has 3 N–H and O–H groups in total. The van der Waals surface area contributed by atoms with Gasteiger partial charge in [-0.1, -0.05) is 6.07 Å². The number of carboxylic acids is 1. The van der Waals surface area contributed by atoms with Gasteiger partial charge in [-0.15, -0.1) is 13.2 Å². The maximum absolute atomic E-state index is 13.1. The van der Waals surface area contributed by atoms with Gasteiger partial charge in [-0.25, -0.2) is 9.18 Å². The van der Waals surface area contributed by atoms with Gasteiger partial charge in [0.05, 0.1) is 5.56 Å². The Bertz CT molecular complexity index is 553. The van der Waals surface area contributed by atoms with Gasteiger partial charge < -0.3 is 15.6 Å². The molecule has 0 aromatic heterocycles. The van der Waals surface area contributed by atoms with E-state index in [0.29, 0.717) is 0 Å². The van der Waals surface area contributed by atoms with Gasteiger partial charge in [0.1, 0.15) is 0 Å². The Labute approximate surface area is 117 Å². The molecule has 0 bridgehead atoms. The summed E-state index contributed by atoms with van der Waals surface area (Å²) in [4.78, 5) is 19.5. The first-order valence-electron chi connectivity index (χ1n) is 4.90. The molecule has 0 aliphatic carbocycles. The maximum Gasteiger partial charge on any atom is 0.573 e. The number of carbonyl (C=O) groups is 2. The Hall–Kier alpha value is -2.53. The molecular formula is C10H6F7NO4. The lowest BCUT2D eigenvalue weighted by Gasteiger charge is -2.10. The van der Waals surface area contributed by atoms with E-state index in [-0.39, 0.29) is 0 Å². The predicted octanol–water partition coefficient (Wildman–Crippen LogP) is 2.46. The fourth-order valence-electron chi connectivity index (χ4n) is 0.905. The predicted molar refractivity (Wildman–Crippen MR) is 55.3 cm³/mol. The Morgan fingerprint density at radius 2 is 1.55 bits per heavy atom. The highest BCUT2D eigenvalue weighted by atomic mass is 19.4. The third-order valence-electron chi connectivity index (χ3n) is 1.70. The van der Waals surface area contributed by atoms with Gasteiger partial charge in [-0.05, 0) is 12.1 Å². The summed E-state index contributed by atoms with van der Waals surface area (Å²) < 4.78 is 83.5. The first-order valence-corrected chi connectivity index (χ1v) is 4.90. The van der Waals surface area contributed by atoms with Crippen molar-refractivity contribution in [2.45, 2.75) is 12.5 Å². The summed E-state index contributed by atoms with van der Waals surface area (Å²) in [5, 5.41) is 7.12. The van der Waals surface area contributed by atoms with Crippen LogP contribution in [0.15, 0.2) is 18.2 Å². The number of aliphatic carboxylic acids is 1. The maximum atomic E-state index is 13.1. The molecule has 12 heteroatoms. The molecule has 1 aromatic rings. The molecule has 1 amide bonds. The third kappa shape index (κ3) is 6.76. The van der Waals surface area contributed by atoms with Gasteiger partial charge >= 0.3 is 18.5 Å². The van der Waals surface area contributed by atoms with E-state index >= 15 is 0 Å². The van der Waals surface area contributed by atoms with Gasteiger partial charge in [0.25, 0.3) is 5.91 Å². The van der Waals surface area contributed by atoms with Gasteiger partial charge in [-0.3, -0.25) is 4.79 Å². The number of hydrogen-bond acceptors (Lipinski definition) is 3. The van der Waals surface area contributed by atoms with Gasteiger partial charge in [0.15, 0.2) is 11.6 Å². The smallest absolute Gasteiger partial charge is 0.475 e.